The second kappa shape index (κ2) is 7.61. The van der Waals surface area contributed by atoms with Crippen LogP contribution in [0, 0.1) is 0 Å². The molecule has 0 aliphatic rings. The van der Waals surface area contributed by atoms with Crippen LogP contribution in [-0.2, 0) is 14.8 Å². The van der Waals surface area contributed by atoms with Crippen LogP contribution in [0.2, 0.25) is 5.02 Å². The molecule has 7 heteroatoms. The van der Waals surface area contributed by atoms with E-state index in [1.807, 2.05) is 12.1 Å². The SMILES string of the molecule is CN(C)S(=O)(=O)c1ccc(NC(=O)/C=C/c2ccccc2Cl)cc1.[HH]. The number of sulfonamides is 1. The van der Waals surface area contributed by atoms with Crippen molar-refractivity contribution in [1.82, 2.24) is 4.31 Å². The number of hydrogen-bond acceptors (Lipinski definition) is 3. The van der Waals surface area contributed by atoms with Gasteiger partial charge in [-0.25, -0.2) is 12.7 Å². The van der Waals surface area contributed by atoms with E-state index in [9.17, 15) is 13.2 Å². The van der Waals surface area contributed by atoms with Crippen molar-refractivity contribution in [2.45, 2.75) is 4.90 Å². The first-order valence-corrected chi connectivity index (χ1v) is 8.88. The smallest absolute Gasteiger partial charge is 0.248 e. The first-order chi connectivity index (χ1) is 11.3. The van der Waals surface area contributed by atoms with Gasteiger partial charge in [-0.15, -0.1) is 0 Å². The van der Waals surface area contributed by atoms with Crippen LogP contribution >= 0.6 is 11.6 Å². The fraction of sp³-hybridized carbons (Fsp3) is 0.118. The second-order valence-corrected chi connectivity index (χ2v) is 7.71. The van der Waals surface area contributed by atoms with Crippen molar-refractivity contribution >= 4 is 39.3 Å². The summed E-state index contributed by atoms with van der Waals surface area (Å²) in [5, 5.41) is 3.22. The van der Waals surface area contributed by atoms with Crippen molar-refractivity contribution in [3.63, 3.8) is 0 Å². The van der Waals surface area contributed by atoms with Crippen LogP contribution in [0.25, 0.3) is 6.08 Å². The molecule has 1 amide bonds. The Balaban J connectivity index is 0.00000312. The van der Waals surface area contributed by atoms with Gasteiger partial charge >= 0.3 is 0 Å². The summed E-state index contributed by atoms with van der Waals surface area (Å²) in [6.07, 6.45) is 2.98. The summed E-state index contributed by atoms with van der Waals surface area (Å²) < 4.78 is 25.1. The Labute approximate surface area is 148 Å². The largest absolute Gasteiger partial charge is 0.323 e. The first kappa shape index (κ1) is 18.2. The highest BCUT2D eigenvalue weighted by molar-refractivity contribution is 7.89. The van der Waals surface area contributed by atoms with Crippen LogP contribution < -0.4 is 5.32 Å². The molecule has 5 nitrogen and oxygen atoms in total. The van der Waals surface area contributed by atoms with Crippen molar-refractivity contribution in [2.75, 3.05) is 19.4 Å². The minimum Gasteiger partial charge on any atom is -0.323 e. The number of carbonyl (C=O) groups is 1. The fourth-order valence-corrected chi connectivity index (χ4v) is 2.98. The maximum Gasteiger partial charge on any atom is 0.248 e. The van der Waals surface area contributed by atoms with E-state index in [1.165, 1.54) is 44.4 Å². The summed E-state index contributed by atoms with van der Waals surface area (Å²) >= 11 is 6.01. The molecule has 0 fully saturated rings. The van der Waals surface area contributed by atoms with E-state index in [4.69, 9.17) is 11.6 Å². The third-order valence-electron chi connectivity index (χ3n) is 3.22. The van der Waals surface area contributed by atoms with Gasteiger partial charge in [-0.05, 0) is 42.0 Å². The number of carbonyl (C=O) groups excluding carboxylic acids is 1. The highest BCUT2D eigenvalue weighted by Crippen LogP contribution is 2.18. The normalized spacial score (nSPS) is 11.8. The standard InChI is InChI=1S/C17H17ClN2O3S.H2/c1-20(2)24(22,23)15-10-8-14(9-11-15)19-17(21)12-7-13-5-3-4-6-16(13)18;/h3-12H,1-2H3,(H,19,21);1H/b12-7+;. The molecule has 0 bridgehead atoms. The van der Waals surface area contributed by atoms with Crippen LogP contribution in [0.5, 0.6) is 0 Å². The number of amides is 1. The van der Waals surface area contributed by atoms with E-state index in [0.717, 1.165) is 9.87 Å². The molecule has 0 aliphatic heterocycles. The predicted octanol–water partition coefficient (Wildman–Crippen LogP) is 3.49. The van der Waals surface area contributed by atoms with Crippen LogP contribution in [0.4, 0.5) is 5.69 Å². The molecule has 0 radical (unpaired) electrons. The summed E-state index contributed by atoms with van der Waals surface area (Å²) in [6, 6.07) is 13.1. The zero-order valence-electron chi connectivity index (χ0n) is 13.2. The Kier molecular flexibility index (Phi) is 5.77. The molecule has 0 aliphatic carbocycles. The van der Waals surface area contributed by atoms with E-state index in [-0.39, 0.29) is 12.2 Å². The van der Waals surface area contributed by atoms with Crippen molar-refractivity contribution in [3.05, 3.63) is 65.2 Å². The van der Waals surface area contributed by atoms with Crippen LogP contribution in [0.15, 0.2) is 59.5 Å². The molecule has 2 aromatic rings. The molecule has 24 heavy (non-hydrogen) atoms. The summed E-state index contributed by atoms with van der Waals surface area (Å²) in [5.41, 5.74) is 1.24. The predicted molar refractivity (Wildman–Crippen MR) is 98.5 cm³/mol. The van der Waals surface area contributed by atoms with E-state index in [0.29, 0.717) is 10.7 Å². The van der Waals surface area contributed by atoms with Gasteiger partial charge in [0.1, 0.15) is 0 Å². The molecule has 2 aromatic carbocycles. The van der Waals surface area contributed by atoms with Crippen molar-refractivity contribution in [2.24, 2.45) is 0 Å². The lowest BCUT2D eigenvalue weighted by Crippen LogP contribution is -2.22. The third-order valence-corrected chi connectivity index (χ3v) is 5.39. The molecular weight excluding hydrogens is 348 g/mol. The highest BCUT2D eigenvalue weighted by atomic mass is 35.5. The monoisotopic (exact) mass is 366 g/mol. The third kappa shape index (κ3) is 4.44. The number of hydrogen-bond donors (Lipinski definition) is 1. The fourth-order valence-electron chi connectivity index (χ4n) is 1.88. The minimum absolute atomic E-state index is 0. The zero-order valence-corrected chi connectivity index (χ0v) is 14.8. The number of nitrogens with one attached hydrogen (secondary N) is 1. The Morgan fingerprint density at radius 2 is 1.75 bits per heavy atom. The Morgan fingerprint density at radius 3 is 2.33 bits per heavy atom. The second-order valence-electron chi connectivity index (χ2n) is 5.16. The lowest BCUT2D eigenvalue weighted by Gasteiger charge is -2.11. The van der Waals surface area contributed by atoms with Crippen molar-refractivity contribution in [3.8, 4) is 0 Å². The van der Waals surface area contributed by atoms with E-state index >= 15 is 0 Å². The topological polar surface area (TPSA) is 66.5 Å². The van der Waals surface area contributed by atoms with Gasteiger partial charge in [0.2, 0.25) is 15.9 Å². The van der Waals surface area contributed by atoms with E-state index in [2.05, 4.69) is 5.32 Å². The molecule has 0 heterocycles. The van der Waals surface area contributed by atoms with Crippen molar-refractivity contribution < 1.29 is 14.6 Å². The number of anilines is 1. The molecule has 0 saturated heterocycles. The molecular formula is C17H19ClN2O3S. The van der Waals surface area contributed by atoms with Gasteiger partial charge in [-0.1, -0.05) is 29.8 Å². The number of nitrogens with zero attached hydrogens (tertiary/aromatic N) is 1. The van der Waals surface area contributed by atoms with E-state index < -0.39 is 10.0 Å². The maximum atomic E-state index is 12.0. The van der Waals surface area contributed by atoms with Gasteiger partial charge in [0, 0.05) is 32.3 Å². The molecule has 1 N–H and O–H groups in total. The minimum atomic E-state index is -3.48. The number of halogens is 1. The lowest BCUT2D eigenvalue weighted by molar-refractivity contribution is -0.111. The number of benzene rings is 2. The summed E-state index contributed by atoms with van der Waals surface area (Å²) in [4.78, 5) is 12.1. The quantitative estimate of drug-likeness (QED) is 0.824. The maximum absolute atomic E-state index is 12.0. The Hall–Kier alpha value is -2.15. The van der Waals surface area contributed by atoms with Crippen LogP contribution in [-0.4, -0.2) is 32.7 Å². The van der Waals surface area contributed by atoms with Gasteiger partial charge in [0.25, 0.3) is 0 Å². The van der Waals surface area contributed by atoms with Crippen LogP contribution in [0.1, 0.15) is 6.99 Å². The average Bonchev–Trinajstić information content (AvgIpc) is 2.54. The van der Waals surface area contributed by atoms with Gasteiger partial charge < -0.3 is 5.32 Å². The molecule has 128 valence electrons. The van der Waals surface area contributed by atoms with Gasteiger partial charge in [0.15, 0.2) is 0 Å². The molecule has 0 aromatic heterocycles. The molecule has 0 atom stereocenters. The Morgan fingerprint density at radius 1 is 1.12 bits per heavy atom. The lowest BCUT2D eigenvalue weighted by atomic mass is 10.2. The van der Waals surface area contributed by atoms with Gasteiger partial charge in [0.05, 0.1) is 4.90 Å². The number of rotatable bonds is 5. The van der Waals surface area contributed by atoms with Gasteiger partial charge in [-0.2, -0.15) is 0 Å². The summed E-state index contributed by atoms with van der Waals surface area (Å²) in [5.74, 6) is -0.335. The summed E-state index contributed by atoms with van der Waals surface area (Å²) in [7, 11) is -0.556. The zero-order chi connectivity index (χ0) is 17.7. The van der Waals surface area contributed by atoms with Crippen molar-refractivity contribution in [1.29, 1.82) is 0 Å². The van der Waals surface area contributed by atoms with E-state index in [1.54, 1.807) is 18.2 Å². The molecule has 0 spiro atoms. The average molecular weight is 367 g/mol. The van der Waals surface area contributed by atoms with Crippen LogP contribution in [0.3, 0.4) is 0 Å². The Bertz CT molecular complexity index is 866. The highest BCUT2D eigenvalue weighted by Gasteiger charge is 2.16. The summed E-state index contributed by atoms with van der Waals surface area (Å²) in [6.45, 7) is 0. The molecule has 2 rings (SSSR count). The van der Waals surface area contributed by atoms with Gasteiger partial charge in [-0.3, -0.25) is 4.79 Å². The molecule has 0 unspecified atom stereocenters. The molecule has 0 saturated carbocycles. The first-order valence-electron chi connectivity index (χ1n) is 7.07.